The number of hydrogen-bond donors (Lipinski definition) is 0. The van der Waals surface area contributed by atoms with E-state index in [2.05, 4.69) is 4.98 Å². The number of benzene rings is 3. The molecule has 0 saturated heterocycles. The molecule has 3 aromatic carbocycles. The van der Waals surface area contributed by atoms with Gasteiger partial charge in [-0.2, -0.15) is 13.2 Å². The molecule has 0 unspecified atom stereocenters. The Kier molecular flexibility index (Phi) is 6.68. The molecule has 178 valence electrons. The van der Waals surface area contributed by atoms with Gasteiger partial charge in [0.1, 0.15) is 18.2 Å². The van der Waals surface area contributed by atoms with E-state index in [0.29, 0.717) is 41.6 Å². The number of alkyl halides is 3. The highest BCUT2D eigenvalue weighted by molar-refractivity contribution is 5.77. The fourth-order valence-corrected chi connectivity index (χ4v) is 3.85. The smallest absolute Gasteiger partial charge is 0.416 e. The van der Waals surface area contributed by atoms with E-state index in [1.165, 1.54) is 6.07 Å². The second-order valence-corrected chi connectivity index (χ2v) is 7.87. The molecule has 0 fully saturated rings. The molecule has 0 N–H and O–H groups in total. The lowest BCUT2D eigenvalue weighted by molar-refractivity contribution is -0.137. The number of rotatable bonds is 8. The third-order valence-electron chi connectivity index (χ3n) is 5.68. The van der Waals surface area contributed by atoms with Gasteiger partial charge in [0.25, 0.3) is 0 Å². The van der Waals surface area contributed by atoms with Gasteiger partial charge in [0, 0.05) is 6.54 Å². The van der Waals surface area contributed by atoms with E-state index in [9.17, 15) is 13.2 Å². The normalized spacial score (nSPS) is 11.6. The number of fused-ring (bicyclic) bond motifs is 1. The molecule has 0 aliphatic rings. The van der Waals surface area contributed by atoms with Gasteiger partial charge in [0.05, 0.1) is 30.8 Å². The third kappa shape index (κ3) is 4.95. The van der Waals surface area contributed by atoms with Crippen molar-refractivity contribution in [2.75, 3.05) is 14.2 Å². The van der Waals surface area contributed by atoms with Crippen molar-refractivity contribution in [2.45, 2.75) is 32.7 Å². The monoisotopic (exact) mass is 470 g/mol. The lowest BCUT2D eigenvalue weighted by Crippen LogP contribution is -2.10. The highest BCUT2D eigenvalue weighted by Crippen LogP contribution is 2.32. The largest absolute Gasteiger partial charge is 0.493 e. The zero-order valence-electron chi connectivity index (χ0n) is 19.1. The van der Waals surface area contributed by atoms with Crippen LogP contribution in [0, 0.1) is 6.92 Å². The number of aryl methyl sites for hydroxylation is 3. The van der Waals surface area contributed by atoms with Crippen LogP contribution in [0.2, 0.25) is 0 Å². The average Bonchev–Trinajstić information content (AvgIpc) is 3.18. The van der Waals surface area contributed by atoms with Crippen LogP contribution in [-0.4, -0.2) is 23.8 Å². The Labute approximate surface area is 195 Å². The lowest BCUT2D eigenvalue weighted by Gasteiger charge is -2.13. The Morgan fingerprint density at radius 1 is 0.882 bits per heavy atom. The molecule has 0 amide bonds. The molecule has 4 aromatic rings. The molecule has 34 heavy (non-hydrogen) atoms. The molecular weight excluding hydrogens is 445 g/mol. The van der Waals surface area contributed by atoms with Gasteiger partial charge in [0.15, 0.2) is 11.5 Å². The summed E-state index contributed by atoms with van der Waals surface area (Å²) < 4.78 is 58.3. The van der Waals surface area contributed by atoms with Crippen LogP contribution >= 0.6 is 0 Å². The van der Waals surface area contributed by atoms with Crippen molar-refractivity contribution in [1.29, 1.82) is 0 Å². The van der Waals surface area contributed by atoms with Crippen LogP contribution in [0.5, 0.6) is 17.2 Å². The minimum Gasteiger partial charge on any atom is -0.493 e. The average molecular weight is 470 g/mol. The predicted molar refractivity (Wildman–Crippen MR) is 123 cm³/mol. The maximum atomic E-state index is 13.3. The summed E-state index contributed by atoms with van der Waals surface area (Å²) in [6, 6.07) is 16.9. The van der Waals surface area contributed by atoms with Crippen molar-refractivity contribution < 1.29 is 27.4 Å². The Morgan fingerprint density at radius 2 is 1.65 bits per heavy atom. The first kappa shape index (κ1) is 23.5. The van der Waals surface area contributed by atoms with Gasteiger partial charge in [-0.05, 0) is 60.9 Å². The van der Waals surface area contributed by atoms with E-state index in [1.54, 1.807) is 14.2 Å². The van der Waals surface area contributed by atoms with Crippen molar-refractivity contribution in [3.8, 4) is 17.2 Å². The van der Waals surface area contributed by atoms with Crippen LogP contribution in [0.25, 0.3) is 11.0 Å². The van der Waals surface area contributed by atoms with Gasteiger partial charge in [0.2, 0.25) is 0 Å². The molecule has 0 bridgehead atoms. The fraction of sp³-hybridized carbons (Fsp3) is 0.269. The van der Waals surface area contributed by atoms with Gasteiger partial charge in [-0.25, -0.2) is 4.98 Å². The zero-order chi connectivity index (χ0) is 24.3. The summed E-state index contributed by atoms with van der Waals surface area (Å²) in [7, 11) is 3.15. The quantitative estimate of drug-likeness (QED) is 0.308. The highest BCUT2D eigenvalue weighted by atomic mass is 19.4. The van der Waals surface area contributed by atoms with Crippen LogP contribution in [-0.2, 0) is 25.7 Å². The Morgan fingerprint density at radius 3 is 2.35 bits per heavy atom. The summed E-state index contributed by atoms with van der Waals surface area (Å²) in [5, 5.41) is 0. The molecule has 8 heteroatoms. The number of halogens is 3. The Balaban J connectivity index is 1.66. The maximum Gasteiger partial charge on any atom is 0.416 e. The number of imidazole rings is 1. The Bertz CT molecular complexity index is 1300. The molecule has 0 aliphatic carbocycles. The minimum absolute atomic E-state index is 0.132. The van der Waals surface area contributed by atoms with Gasteiger partial charge in [-0.1, -0.05) is 24.3 Å². The van der Waals surface area contributed by atoms with Crippen molar-refractivity contribution in [3.05, 3.63) is 83.2 Å². The van der Waals surface area contributed by atoms with Crippen molar-refractivity contribution in [2.24, 2.45) is 0 Å². The minimum atomic E-state index is -4.44. The number of nitrogens with zero attached hydrogens (tertiary/aromatic N) is 2. The summed E-state index contributed by atoms with van der Waals surface area (Å²) in [6.07, 6.45) is -3.82. The zero-order valence-corrected chi connectivity index (χ0v) is 19.1. The maximum absolute atomic E-state index is 13.3. The second-order valence-electron chi connectivity index (χ2n) is 7.87. The van der Waals surface area contributed by atoms with E-state index >= 15 is 0 Å². The molecule has 4 rings (SSSR count). The summed E-state index contributed by atoms with van der Waals surface area (Å²) in [5.41, 5.74) is 2.14. The first-order valence-corrected chi connectivity index (χ1v) is 10.8. The topological polar surface area (TPSA) is 45.5 Å². The molecule has 1 heterocycles. The number of ether oxygens (including phenoxy) is 3. The number of aromatic nitrogens is 2. The standard InChI is InChI=1S/C26H25F3N2O3/c1-17-6-4-5-7-22(17)34-16-25-30-20-15-19(26(27,28)29)9-10-21(20)31(25)13-12-18-8-11-23(32-2)24(14-18)33-3/h4-11,14-15H,12-13,16H2,1-3H3. The van der Waals surface area contributed by atoms with Crippen molar-refractivity contribution in [3.63, 3.8) is 0 Å². The highest BCUT2D eigenvalue weighted by Gasteiger charge is 2.31. The van der Waals surface area contributed by atoms with Crippen LogP contribution in [0.1, 0.15) is 22.5 Å². The first-order chi connectivity index (χ1) is 16.3. The van der Waals surface area contributed by atoms with E-state index < -0.39 is 11.7 Å². The molecule has 0 spiro atoms. The molecule has 0 saturated carbocycles. The van der Waals surface area contributed by atoms with Crippen molar-refractivity contribution >= 4 is 11.0 Å². The van der Waals surface area contributed by atoms with Gasteiger partial charge < -0.3 is 18.8 Å². The molecule has 1 aromatic heterocycles. The number of para-hydroxylation sites is 1. The second kappa shape index (κ2) is 9.67. The molecule has 5 nitrogen and oxygen atoms in total. The molecule has 0 radical (unpaired) electrons. The predicted octanol–water partition coefficient (Wildman–Crippen LogP) is 6.20. The van der Waals surface area contributed by atoms with Crippen LogP contribution < -0.4 is 14.2 Å². The van der Waals surface area contributed by atoms with Crippen molar-refractivity contribution in [1.82, 2.24) is 9.55 Å². The van der Waals surface area contributed by atoms with Crippen LogP contribution in [0.3, 0.4) is 0 Å². The number of hydrogen-bond acceptors (Lipinski definition) is 4. The Hall–Kier alpha value is -3.68. The number of methoxy groups -OCH3 is 2. The van der Waals surface area contributed by atoms with E-state index in [0.717, 1.165) is 23.3 Å². The van der Waals surface area contributed by atoms with E-state index in [-0.39, 0.29) is 12.1 Å². The van der Waals surface area contributed by atoms with Gasteiger partial charge in [-0.15, -0.1) is 0 Å². The van der Waals surface area contributed by atoms with E-state index in [4.69, 9.17) is 14.2 Å². The van der Waals surface area contributed by atoms with Crippen LogP contribution in [0.15, 0.2) is 60.7 Å². The van der Waals surface area contributed by atoms with Gasteiger partial charge in [-0.3, -0.25) is 0 Å². The summed E-state index contributed by atoms with van der Waals surface area (Å²) in [6.45, 7) is 2.57. The summed E-state index contributed by atoms with van der Waals surface area (Å²) >= 11 is 0. The fourth-order valence-electron chi connectivity index (χ4n) is 3.85. The third-order valence-corrected chi connectivity index (χ3v) is 5.68. The molecular formula is C26H25F3N2O3. The van der Waals surface area contributed by atoms with Crippen LogP contribution in [0.4, 0.5) is 13.2 Å². The van der Waals surface area contributed by atoms with Gasteiger partial charge >= 0.3 is 6.18 Å². The molecule has 0 aliphatic heterocycles. The summed E-state index contributed by atoms with van der Waals surface area (Å²) in [5.74, 6) is 2.51. The van der Waals surface area contributed by atoms with E-state index in [1.807, 2.05) is 54.0 Å². The SMILES string of the molecule is COc1ccc(CCn2c(COc3ccccc3C)nc3cc(C(F)(F)F)ccc32)cc1OC. The first-order valence-electron chi connectivity index (χ1n) is 10.8. The lowest BCUT2D eigenvalue weighted by atomic mass is 10.1. The summed E-state index contributed by atoms with van der Waals surface area (Å²) in [4.78, 5) is 4.50. The molecule has 0 atom stereocenters.